The van der Waals surface area contributed by atoms with E-state index in [0.717, 1.165) is 48.1 Å². The average molecular weight is 741 g/mol. The van der Waals surface area contributed by atoms with E-state index in [0.29, 0.717) is 17.5 Å². The van der Waals surface area contributed by atoms with Crippen molar-refractivity contribution in [1.29, 1.82) is 0 Å². The summed E-state index contributed by atoms with van der Waals surface area (Å²) in [5.41, 5.74) is 6.24. The van der Waals surface area contributed by atoms with E-state index in [1.807, 2.05) is 18.2 Å². The van der Waals surface area contributed by atoms with Crippen molar-refractivity contribution in [3.63, 3.8) is 0 Å². The molecule has 2 aliphatic carbocycles. The molecule has 0 spiro atoms. The highest BCUT2D eigenvalue weighted by molar-refractivity contribution is 8.40. The number of hydrogen-bond donors (Lipinski definition) is 0. The lowest BCUT2D eigenvalue weighted by atomic mass is 10.1. The van der Waals surface area contributed by atoms with E-state index >= 15 is 0 Å². The molecule has 0 unspecified atom stereocenters. The summed E-state index contributed by atoms with van der Waals surface area (Å²) < 4.78 is 2.34. The van der Waals surface area contributed by atoms with Gasteiger partial charge in [0.15, 0.2) is 17.5 Å². The van der Waals surface area contributed by atoms with Crippen molar-refractivity contribution in [1.82, 2.24) is 19.5 Å². The first kappa shape index (κ1) is 34.0. The number of allylic oxidation sites excluding steroid dienone is 6. The molecule has 0 bridgehead atoms. The fourth-order valence-electron chi connectivity index (χ4n) is 8.23. The van der Waals surface area contributed by atoms with Crippen LogP contribution in [0.25, 0.3) is 61.7 Å². The molecular weight excluding hydrogens is 701 g/mol. The van der Waals surface area contributed by atoms with Crippen molar-refractivity contribution in [3.8, 4) is 39.9 Å². The highest BCUT2D eigenvalue weighted by atomic mass is 32.3. The van der Waals surface area contributed by atoms with Crippen molar-refractivity contribution in [2.24, 2.45) is 0 Å². The van der Waals surface area contributed by atoms with Crippen LogP contribution in [0.1, 0.15) is 25.7 Å². The summed E-state index contributed by atoms with van der Waals surface area (Å²) in [6.45, 7) is 0. The molecule has 5 heteroatoms. The third-order valence-electron chi connectivity index (χ3n) is 10.8. The fraction of sp³-hybridized carbons (Fsp3) is 0.0784. The quantitative estimate of drug-likeness (QED) is 0.156. The van der Waals surface area contributed by atoms with Gasteiger partial charge in [0.1, 0.15) is 0 Å². The fourth-order valence-corrected chi connectivity index (χ4v) is 12.4. The lowest BCUT2D eigenvalue weighted by molar-refractivity contribution is 1.02. The van der Waals surface area contributed by atoms with Gasteiger partial charge in [0, 0.05) is 42.9 Å². The van der Waals surface area contributed by atoms with Gasteiger partial charge in [-0.05, 0) is 84.0 Å². The summed E-state index contributed by atoms with van der Waals surface area (Å²) >= 11 is 0. The summed E-state index contributed by atoms with van der Waals surface area (Å²) in [4.78, 5) is 21.0. The lowest BCUT2D eigenvalue weighted by Crippen LogP contribution is -2.09. The number of aromatic nitrogens is 4. The van der Waals surface area contributed by atoms with Gasteiger partial charge in [0.25, 0.3) is 0 Å². The molecule has 2 aliphatic rings. The van der Waals surface area contributed by atoms with Crippen LogP contribution >= 0.6 is 10.0 Å². The summed E-state index contributed by atoms with van der Waals surface area (Å²) in [5, 5.41) is 2.46. The van der Waals surface area contributed by atoms with Crippen molar-refractivity contribution in [2.75, 3.05) is 0 Å². The molecule has 8 aromatic rings. The van der Waals surface area contributed by atoms with E-state index in [9.17, 15) is 0 Å². The highest BCUT2D eigenvalue weighted by Gasteiger charge is 2.36. The van der Waals surface area contributed by atoms with E-state index in [1.165, 1.54) is 41.4 Å². The van der Waals surface area contributed by atoms with Gasteiger partial charge in [-0.1, -0.05) is 146 Å². The monoisotopic (exact) mass is 740 g/mol. The van der Waals surface area contributed by atoms with Gasteiger partial charge >= 0.3 is 0 Å². The second kappa shape index (κ2) is 14.6. The zero-order valence-electron chi connectivity index (χ0n) is 31.0. The van der Waals surface area contributed by atoms with Gasteiger partial charge < -0.3 is 4.57 Å². The second-order valence-electron chi connectivity index (χ2n) is 14.2. The highest BCUT2D eigenvalue weighted by Crippen LogP contribution is 2.74. The summed E-state index contributed by atoms with van der Waals surface area (Å²) in [6, 6.07) is 56.2. The Morgan fingerprint density at radius 1 is 0.411 bits per heavy atom. The van der Waals surface area contributed by atoms with E-state index in [1.54, 1.807) is 0 Å². The maximum absolute atomic E-state index is 5.29. The molecule has 10 rings (SSSR count). The van der Waals surface area contributed by atoms with Gasteiger partial charge in [-0.25, -0.2) is 15.0 Å². The van der Waals surface area contributed by atoms with E-state index < -0.39 is 10.0 Å². The first-order chi connectivity index (χ1) is 27.8. The Bertz CT molecular complexity index is 2780. The third-order valence-corrected chi connectivity index (χ3v) is 14.7. The number of fused-ring (bicyclic) bond motifs is 3. The molecule has 0 aliphatic heterocycles. The minimum Gasteiger partial charge on any atom is -0.309 e. The van der Waals surface area contributed by atoms with E-state index in [-0.39, 0.29) is 0 Å². The molecule has 56 heavy (non-hydrogen) atoms. The molecule has 0 N–H and O–H groups in total. The Balaban J connectivity index is 1.17. The zero-order valence-corrected chi connectivity index (χ0v) is 31.8. The molecule has 0 saturated carbocycles. The Hall–Kier alpha value is -6.56. The van der Waals surface area contributed by atoms with Crippen LogP contribution in [0.4, 0.5) is 0 Å². The lowest BCUT2D eigenvalue weighted by Gasteiger charge is -2.45. The number of para-hydroxylation sites is 2. The molecule has 0 atom stereocenters. The number of rotatable bonds is 8. The normalized spacial score (nSPS) is 14.5. The SMILES string of the molecule is C1=CC(S(C2=CCCC=C2)(c2ccccc2)c2cccc(-c3nc(-c4ccccc4)nc(-c4cccc(-n5c6ccccc6c6ccccc65)c4)n3)c2)=CCC1. The number of benzene rings is 6. The Kier molecular flexibility index (Phi) is 8.85. The van der Waals surface area contributed by atoms with Crippen LogP contribution in [0.15, 0.2) is 214 Å². The average Bonchev–Trinajstić information content (AvgIpc) is 3.63. The topological polar surface area (TPSA) is 43.6 Å². The van der Waals surface area contributed by atoms with E-state index in [4.69, 9.17) is 15.0 Å². The van der Waals surface area contributed by atoms with Crippen molar-refractivity contribution in [3.05, 3.63) is 204 Å². The summed E-state index contributed by atoms with van der Waals surface area (Å²) in [6.07, 6.45) is 18.6. The smallest absolute Gasteiger partial charge is 0.164 e. The summed E-state index contributed by atoms with van der Waals surface area (Å²) in [5.74, 6) is 1.94. The van der Waals surface area contributed by atoms with Gasteiger partial charge in [-0.2, -0.15) is 0 Å². The second-order valence-corrected chi connectivity index (χ2v) is 17.3. The van der Waals surface area contributed by atoms with Gasteiger partial charge in [0.05, 0.1) is 11.0 Å². The summed E-state index contributed by atoms with van der Waals surface area (Å²) in [7, 11) is -1.80. The van der Waals surface area contributed by atoms with Crippen molar-refractivity contribution >= 4 is 31.8 Å². The standard InChI is InChI=1S/C51H40N4S/c1-5-19-37(20-6-1)49-52-50(38-21-17-23-40(35-38)55-47-33-15-13-31-45(47)46-32-14-16-34-48(46)55)54-51(53-49)39-22-18-30-44(36-39)56(41-24-7-2-8-25-41,42-26-9-3-10-27-42)43-28-11-4-12-29-43/h1-2,5-9,11,13-36H,3-4,10,12H2. The molecule has 4 nitrogen and oxygen atoms in total. The van der Waals surface area contributed by atoms with Crippen LogP contribution in [0, 0.1) is 0 Å². The van der Waals surface area contributed by atoms with Gasteiger partial charge in [-0.3, -0.25) is 0 Å². The van der Waals surface area contributed by atoms with Crippen LogP contribution < -0.4 is 0 Å². The first-order valence-electron chi connectivity index (χ1n) is 19.4. The molecule has 0 amide bonds. The predicted octanol–water partition coefficient (Wildman–Crippen LogP) is 13.7. The molecule has 0 radical (unpaired) electrons. The molecule has 2 aromatic heterocycles. The minimum absolute atomic E-state index is 0.638. The number of nitrogens with zero attached hydrogens (tertiary/aromatic N) is 4. The molecule has 6 aromatic carbocycles. The molecule has 2 heterocycles. The Labute approximate surface area is 329 Å². The van der Waals surface area contributed by atoms with Crippen molar-refractivity contribution in [2.45, 2.75) is 35.5 Å². The maximum Gasteiger partial charge on any atom is 0.164 e. The largest absolute Gasteiger partial charge is 0.309 e. The van der Waals surface area contributed by atoms with Crippen LogP contribution in [0.5, 0.6) is 0 Å². The molecule has 0 saturated heterocycles. The molecule has 270 valence electrons. The van der Waals surface area contributed by atoms with Crippen molar-refractivity contribution < 1.29 is 0 Å². The molecule has 0 fully saturated rings. The Morgan fingerprint density at radius 3 is 1.48 bits per heavy atom. The Morgan fingerprint density at radius 2 is 0.893 bits per heavy atom. The van der Waals surface area contributed by atoms with Crippen LogP contribution in [0.3, 0.4) is 0 Å². The van der Waals surface area contributed by atoms with Crippen LogP contribution in [0.2, 0.25) is 0 Å². The van der Waals surface area contributed by atoms with E-state index in [2.05, 4.69) is 181 Å². The minimum atomic E-state index is -1.80. The van der Waals surface area contributed by atoms with Crippen LogP contribution in [-0.4, -0.2) is 19.5 Å². The van der Waals surface area contributed by atoms with Crippen LogP contribution in [-0.2, 0) is 0 Å². The third kappa shape index (κ3) is 5.92. The van der Waals surface area contributed by atoms with Gasteiger partial charge in [-0.15, -0.1) is 10.0 Å². The van der Waals surface area contributed by atoms with Gasteiger partial charge in [0.2, 0.25) is 0 Å². The molecular formula is C51H40N4S. The predicted molar refractivity (Wildman–Crippen MR) is 234 cm³/mol. The zero-order chi connectivity index (χ0) is 37.3. The number of hydrogen-bond acceptors (Lipinski definition) is 3. The first-order valence-corrected chi connectivity index (χ1v) is 21.0. The maximum atomic E-state index is 5.29.